The average molecular weight is 478 g/mol. The molecular weight excluding hydrogens is 442 g/mol. The van der Waals surface area contributed by atoms with Gasteiger partial charge in [0.2, 0.25) is 5.91 Å². The van der Waals surface area contributed by atoms with Crippen molar-refractivity contribution in [3.05, 3.63) is 64.8 Å². The van der Waals surface area contributed by atoms with Crippen molar-refractivity contribution in [1.82, 2.24) is 10.2 Å². The van der Waals surface area contributed by atoms with Gasteiger partial charge in [0.15, 0.2) is 0 Å². The van der Waals surface area contributed by atoms with Gasteiger partial charge in [-0.3, -0.25) is 14.9 Å². The van der Waals surface area contributed by atoms with Crippen LogP contribution in [0.1, 0.15) is 63.0 Å². The number of benzene rings is 1. The molecule has 8 nitrogen and oxygen atoms in total. The number of nitrogens with two attached hydrogens (primary N) is 1. The molecule has 1 saturated heterocycles. The lowest BCUT2D eigenvalue weighted by atomic mass is 9.87. The maximum absolute atomic E-state index is 13.4. The fraction of sp³-hybridized carbons (Fsp3) is 0.481. The normalized spacial score (nSPS) is 24.2. The zero-order valence-corrected chi connectivity index (χ0v) is 20.6. The van der Waals surface area contributed by atoms with E-state index in [9.17, 15) is 9.59 Å². The minimum Gasteiger partial charge on any atom is -0.465 e. The quantitative estimate of drug-likeness (QED) is 0.254. The molecule has 0 bridgehead atoms. The first-order valence-corrected chi connectivity index (χ1v) is 12.6. The number of hydrogen-bond acceptors (Lipinski definition) is 6. The molecule has 1 fully saturated rings. The Morgan fingerprint density at radius 1 is 1.14 bits per heavy atom. The standard InChI is InChI=1S/C27H35N5O3/c1-3-12-32(13-4-2)26(33)22-15-21-10-9-20(16-24(21)29-25(17-22)30-31-28)18-5-7-19(8-6-18)23-11-14-35-27(23)34/h5-10,15,23-25,29H,3-4,11-14,16-17H2,1-2H3,(H2,28,30). The minimum absolute atomic E-state index is 0.00825. The highest BCUT2D eigenvalue weighted by molar-refractivity contribution is 5.94. The van der Waals surface area contributed by atoms with Crippen LogP contribution in [0.25, 0.3) is 5.57 Å². The van der Waals surface area contributed by atoms with Crippen LogP contribution >= 0.6 is 0 Å². The lowest BCUT2D eigenvalue weighted by molar-refractivity contribution is -0.139. The van der Waals surface area contributed by atoms with Gasteiger partial charge in [-0.2, -0.15) is 5.11 Å². The van der Waals surface area contributed by atoms with Gasteiger partial charge in [0.1, 0.15) is 6.17 Å². The van der Waals surface area contributed by atoms with E-state index in [1.807, 2.05) is 23.1 Å². The Hall–Kier alpha value is -3.26. The van der Waals surface area contributed by atoms with Gasteiger partial charge < -0.3 is 15.5 Å². The molecule has 3 N–H and O–H groups in total. The number of allylic oxidation sites excluding steroid dienone is 2. The molecule has 0 saturated carbocycles. The molecule has 1 aromatic carbocycles. The number of carbonyl (C=O) groups excluding carboxylic acids is 2. The zero-order valence-electron chi connectivity index (χ0n) is 20.6. The molecule has 3 aliphatic rings. The third kappa shape index (κ3) is 5.70. The van der Waals surface area contributed by atoms with Gasteiger partial charge in [-0.15, -0.1) is 0 Å². The van der Waals surface area contributed by atoms with Crippen molar-refractivity contribution in [3.8, 4) is 0 Å². The number of ether oxygens (including phenoxy) is 1. The van der Waals surface area contributed by atoms with Crippen molar-refractivity contribution < 1.29 is 14.3 Å². The SMILES string of the molecule is CCCN(CCC)C(=O)C1=CC2=CC=C(c3ccc(C4CCOC4=O)cc3)CC2NC(N=NN)C1. The minimum atomic E-state index is -0.369. The van der Waals surface area contributed by atoms with Crippen LogP contribution in [0.3, 0.4) is 0 Å². The Bertz CT molecular complexity index is 1050. The second-order valence-electron chi connectivity index (χ2n) is 9.33. The Balaban J connectivity index is 1.59. The molecule has 3 unspecified atom stereocenters. The Kier molecular flexibility index (Phi) is 8.13. The number of nitrogens with zero attached hydrogens (tertiary/aromatic N) is 3. The summed E-state index contributed by atoms with van der Waals surface area (Å²) in [7, 11) is 0. The molecule has 0 aromatic heterocycles. The van der Waals surface area contributed by atoms with Crippen LogP contribution in [-0.2, 0) is 14.3 Å². The monoisotopic (exact) mass is 477 g/mol. The van der Waals surface area contributed by atoms with E-state index in [0.717, 1.165) is 61.0 Å². The van der Waals surface area contributed by atoms with Gasteiger partial charge in [0.25, 0.3) is 0 Å². The van der Waals surface area contributed by atoms with E-state index in [-0.39, 0.29) is 30.0 Å². The molecule has 1 amide bonds. The number of amides is 1. The van der Waals surface area contributed by atoms with Crippen LogP contribution in [-0.4, -0.2) is 48.7 Å². The Labute approximate surface area is 207 Å². The molecular formula is C27H35N5O3. The summed E-state index contributed by atoms with van der Waals surface area (Å²) in [5.74, 6) is 5.15. The number of hydrogen-bond donors (Lipinski definition) is 2. The van der Waals surface area contributed by atoms with Gasteiger partial charge in [-0.05, 0) is 54.0 Å². The maximum atomic E-state index is 13.4. The summed E-state index contributed by atoms with van der Waals surface area (Å²) in [6, 6.07) is 8.16. The van der Waals surface area contributed by atoms with E-state index in [0.29, 0.717) is 13.0 Å². The lowest BCUT2D eigenvalue weighted by Gasteiger charge is -2.25. The highest BCUT2D eigenvalue weighted by Crippen LogP contribution is 2.33. The van der Waals surface area contributed by atoms with Crippen LogP contribution in [0.4, 0.5) is 0 Å². The second kappa shape index (κ2) is 11.4. The topological polar surface area (TPSA) is 109 Å². The highest BCUT2D eigenvalue weighted by Gasteiger charge is 2.31. The molecule has 2 aliphatic heterocycles. The fourth-order valence-electron chi connectivity index (χ4n) is 5.09. The number of nitrogens with one attached hydrogen (secondary N) is 1. The van der Waals surface area contributed by atoms with Crippen LogP contribution in [0, 0.1) is 0 Å². The van der Waals surface area contributed by atoms with E-state index in [1.165, 1.54) is 5.57 Å². The zero-order chi connectivity index (χ0) is 24.8. The number of carbonyl (C=O) groups is 2. The number of rotatable bonds is 8. The highest BCUT2D eigenvalue weighted by atomic mass is 16.5. The number of cyclic esters (lactones) is 1. The molecule has 1 aromatic rings. The van der Waals surface area contributed by atoms with E-state index < -0.39 is 0 Å². The smallest absolute Gasteiger partial charge is 0.313 e. The molecule has 0 spiro atoms. The Morgan fingerprint density at radius 2 is 1.89 bits per heavy atom. The van der Waals surface area contributed by atoms with E-state index >= 15 is 0 Å². The predicted octanol–water partition coefficient (Wildman–Crippen LogP) is 4.02. The van der Waals surface area contributed by atoms with Crippen molar-refractivity contribution >= 4 is 17.4 Å². The second-order valence-corrected chi connectivity index (χ2v) is 9.33. The summed E-state index contributed by atoms with van der Waals surface area (Å²) < 4.78 is 5.11. The molecule has 2 heterocycles. The molecule has 3 atom stereocenters. The summed E-state index contributed by atoms with van der Waals surface area (Å²) in [5, 5.41) is 11.2. The van der Waals surface area contributed by atoms with Crippen LogP contribution < -0.4 is 11.2 Å². The van der Waals surface area contributed by atoms with Crippen LogP contribution in [0.5, 0.6) is 0 Å². The summed E-state index contributed by atoms with van der Waals surface area (Å²) in [5.41, 5.74) is 5.07. The van der Waals surface area contributed by atoms with Crippen molar-refractivity contribution in [2.75, 3.05) is 19.7 Å². The summed E-state index contributed by atoms with van der Waals surface area (Å²) >= 11 is 0. The number of esters is 1. The van der Waals surface area contributed by atoms with Gasteiger partial charge >= 0.3 is 5.97 Å². The molecule has 4 rings (SSSR count). The fourth-order valence-corrected chi connectivity index (χ4v) is 5.09. The molecule has 186 valence electrons. The average Bonchev–Trinajstić information content (AvgIpc) is 3.20. The molecule has 1 aliphatic carbocycles. The first-order chi connectivity index (χ1) is 17.0. The predicted molar refractivity (Wildman–Crippen MR) is 135 cm³/mol. The molecule has 0 radical (unpaired) electrons. The third-order valence-corrected chi connectivity index (χ3v) is 6.83. The van der Waals surface area contributed by atoms with E-state index in [2.05, 4.69) is 53.8 Å². The first kappa shape index (κ1) is 24.9. The van der Waals surface area contributed by atoms with Gasteiger partial charge in [-0.25, -0.2) is 0 Å². The van der Waals surface area contributed by atoms with Crippen molar-refractivity contribution in [2.24, 2.45) is 16.2 Å². The van der Waals surface area contributed by atoms with Crippen LogP contribution in [0.15, 0.2) is 64.0 Å². The van der Waals surface area contributed by atoms with Crippen molar-refractivity contribution in [1.29, 1.82) is 0 Å². The maximum Gasteiger partial charge on any atom is 0.313 e. The summed E-state index contributed by atoms with van der Waals surface area (Å²) in [6.07, 6.45) is 9.61. The van der Waals surface area contributed by atoms with Gasteiger partial charge in [-0.1, -0.05) is 55.5 Å². The van der Waals surface area contributed by atoms with E-state index in [1.54, 1.807) is 0 Å². The van der Waals surface area contributed by atoms with E-state index in [4.69, 9.17) is 10.6 Å². The largest absolute Gasteiger partial charge is 0.465 e. The number of fused-ring (bicyclic) bond motifs is 1. The lowest BCUT2D eigenvalue weighted by Crippen LogP contribution is -2.39. The summed E-state index contributed by atoms with van der Waals surface area (Å²) in [6.45, 7) is 6.14. The van der Waals surface area contributed by atoms with Gasteiger partial charge in [0, 0.05) is 31.1 Å². The van der Waals surface area contributed by atoms with Gasteiger partial charge in [0.05, 0.1) is 12.5 Å². The molecule has 8 heteroatoms. The Morgan fingerprint density at radius 3 is 2.51 bits per heavy atom. The van der Waals surface area contributed by atoms with Crippen molar-refractivity contribution in [3.63, 3.8) is 0 Å². The van der Waals surface area contributed by atoms with Crippen LogP contribution in [0.2, 0.25) is 0 Å². The third-order valence-electron chi connectivity index (χ3n) is 6.83. The summed E-state index contributed by atoms with van der Waals surface area (Å²) in [4.78, 5) is 27.2. The van der Waals surface area contributed by atoms with Crippen molar-refractivity contribution in [2.45, 2.75) is 64.1 Å². The molecule has 35 heavy (non-hydrogen) atoms. The first-order valence-electron chi connectivity index (χ1n) is 12.6.